The Bertz CT molecular complexity index is 668. The van der Waals surface area contributed by atoms with Crippen molar-refractivity contribution >= 4 is 11.3 Å². The van der Waals surface area contributed by atoms with Crippen LogP contribution in [-0.2, 0) is 19.4 Å². The van der Waals surface area contributed by atoms with Gasteiger partial charge in [-0.2, -0.15) is 0 Å². The minimum Gasteiger partial charge on any atom is -0.311 e. The van der Waals surface area contributed by atoms with Crippen molar-refractivity contribution in [3.05, 3.63) is 40.4 Å². The van der Waals surface area contributed by atoms with Crippen LogP contribution in [0.3, 0.4) is 0 Å². The Morgan fingerprint density at radius 2 is 2.12 bits per heavy atom. The number of hydrogen-bond acceptors (Lipinski definition) is 4. The van der Waals surface area contributed by atoms with Crippen LogP contribution >= 0.6 is 11.3 Å². The SMILES string of the molecule is CC1CCCN1CCCCc1ccc(-c2nc3c(s2)CNCC3)cc1. The van der Waals surface area contributed by atoms with E-state index < -0.39 is 0 Å². The van der Waals surface area contributed by atoms with Crippen molar-refractivity contribution in [1.29, 1.82) is 0 Å². The standard InChI is InChI=1S/C21H29N3S/c1-16-5-4-14-24(16)13-3-2-6-17-7-9-18(10-8-17)21-23-19-11-12-22-15-20(19)25-21/h7-10,16,22H,2-6,11-15H2,1H3. The highest BCUT2D eigenvalue weighted by Gasteiger charge is 2.19. The van der Waals surface area contributed by atoms with E-state index in [-0.39, 0.29) is 0 Å². The van der Waals surface area contributed by atoms with Gasteiger partial charge in [0.05, 0.1) is 5.69 Å². The fraction of sp³-hybridized carbons (Fsp3) is 0.571. The highest BCUT2D eigenvalue weighted by atomic mass is 32.1. The summed E-state index contributed by atoms with van der Waals surface area (Å²) in [6, 6.07) is 9.92. The summed E-state index contributed by atoms with van der Waals surface area (Å²) in [5, 5.41) is 4.62. The quantitative estimate of drug-likeness (QED) is 0.785. The molecule has 4 heteroatoms. The van der Waals surface area contributed by atoms with E-state index in [1.54, 1.807) is 0 Å². The van der Waals surface area contributed by atoms with E-state index in [2.05, 4.69) is 41.4 Å². The number of benzene rings is 1. The van der Waals surface area contributed by atoms with Gasteiger partial charge >= 0.3 is 0 Å². The van der Waals surface area contributed by atoms with Gasteiger partial charge in [0.25, 0.3) is 0 Å². The smallest absolute Gasteiger partial charge is 0.123 e. The molecule has 1 saturated heterocycles. The van der Waals surface area contributed by atoms with Gasteiger partial charge in [0, 0.05) is 36.0 Å². The highest BCUT2D eigenvalue weighted by Crippen LogP contribution is 2.30. The average Bonchev–Trinajstić information content (AvgIpc) is 3.25. The molecule has 1 N–H and O–H groups in total. The maximum Gasteiger partial charge on any atom is 0.123 e. The number of aromatic nitrogens is 1. The predicted octanol–water partition coefficient (Wildman–Crippen LogP) is 4.26. The summed E-state index contributed by atoms with van der Waals surface area (Å²) < 4.78 is 0. The van der Waals surface area contributed by atoms with Crippen molar-refractivity contribution < 1.29 is 0 Å². The lowest BCUT2D eigenvalue weighted by Crippen LogP contribution is -2.27. The lowest BCUT2D eigenvalue weighted by atomic mass is 10.1. The second-order valence-electron chi connectivity index (χ2n) is 7.50. The first-order chi connectivity index (χ1) is 12.3. The number of aryl methyl sites for hydroxylation is 1. The predicted molar refractivity (Wildman–Crippen MR) is 106 cm³/mol. The van der Waals surface area contributed by atoms with Crippen LogP contribution in [0.5, 0.6) is 0 Å². The molecule has 0 aliphatic carbocycles. The second-order valence-corrected chi connectivity index (χ2v) is 8.58. The van der Waals surface area contributed by atoms with Crippen LogP contribution in [0.15, 0.2) is 24.3 Å². The summed E-state index contributed by atoms with van der Waals surface area (Å²) >= 11 is 1.85. The molecule has 134 valence electrons. The Morgan fingerprint density at radius 3 is 2.88 bits per heavy atom. The minimum absolute atomic E-state index is 0.804. The molecule has 1 unspecified atom stereocenters. The van der Waals surface area contributed by atoms with E-state index in [1.165, 1.54) is 71.9 Å². The Balaban J connectivity index is 1.29. The third-order valence-electron chi connectivity index (χ3n) is 5.65. The zero-order chi connectivity index (χ0) is 17.1. The summed E-state index contributed by atoms with van der Waals surface area (Å²) in [5.74, 6) is 0. The first-order valence-electron chi connectivity index (χ1n) is 9.82. The molecule has 0 radical (unpaired) electrons. The Hall–Kier alpha value is -1.23. The van der Waals surface area contributed by atoms with Gasteiger partial charge in [0.1, 0.15) is 5.01 Å². The minimum atomic E-state index is 0.804. The van der Waals surface area contributed by atoms with Crippen LogP contribution in [0.25, 0.3) is 10.6 Å². The fourth-order valence-corrected chi connectivity index (χ4v) is 5.11. The third kappa shape index (κ3) is 4.13. The lowest BCUT2D eigenvalue weighted by molar-refractivity contribution is 0.263. The maximum atomic E-state index is 4.85. The molecule has 3 nitrogen and oxygen atoms in total. The molecule has 0 spiro atoms. The van der Waals surface area contributed by atoms with Crippen molar-refractivity contribution in [3.63, 3.8) is 0 Å². The topological polar surface area (TPSA) is 28.2 Å². The van der Waals surface area contributed by atoms with Crippen LogP contribution in [0.4, 0.5) is 0 Å². The normalized spacial score (nSPS) is 20.8. The Labute approximate surface area is 155 Å². The number of nitrogens with one attached hydrogen (secondary N) is 1. The first kappa shape index (κ1) is 17.2. The Morgan fingerprint density at radius 1 is 1.24 bits per heavy atom. The largest absolute Gasteiger partial charge is 0.311 e. The molecule has 0 saturated carbocycles. The van der Waals surface area contributed by atoms with E-state index in [9.17, 15) is 0 Å². The van der Waals surface area contributed by atoms with Crippen molar-refractivity contribution in [2.45, 2.75) is 58.0 Å². The average molecular weight is 356 g/mol. The molecule has 2 aliphatic heterocycles. The lowest BCUT2D eigenvalue weighted by Gasteiger charge is -2.20. The van der Waals surface area contributed by atoms with Gasteiger partial charge in [-0.3, -0.25) is 0 Å². The van der Waals surface area contributed by atoms with Gasteiger partial charge in [-0.05, 0) is 57.7 Å². The number of fused-ring (bicyclic) bond motifs is 1. The summed E-state index contributed by atoms with van der Waals surface area (Å²) in [6.07, 6.45) is 7.65. The molecule has 1 atom stereocenters. The summed E-state index contributed by atoms with van der Waals surface area (Å²) in [7, 11) is 0. The number of thiazole rings is 1. The second kappa shape index (κ2) is 7.98. The number of unbranched alkanes of at least 4 members (excludes halogenated alkanes) is 1. The molecule has 1 aromatic heterocycles. The summed E-state index contributed by atoms with van der Waals surface area (Å²) in [5.41, 5.74) is 4.04. The number of nitrogens with zero attached hydrogens (tertiary/aromatic N) is 2. The van der Waals surface area contributed by atoms with Gasteiger partial charge in [-0.15, -0.1) is 11.3 Å². The van der Waals surface area contributed by atoms with Crippen LogP contribution in [0.2, 0.25) is 0 Å². The number of rotatable bonds is 6. The zero-order valence-electron chi connectivity index (χ0n) is 15.3. The molecule has 2 aliphatic rings. The monoisotopic (exact) mass is 355 g/mol. The van der Waals surface area contributed by atoms with Gasteiger partial charge in [-0.1, -0.05) is 24.3 Å². The van der Waals surface area contributed by atoms with Crippen molar-refractivity contribution in [1.82, 2.24) is 15.2 Å². The Kier molecular flexibility index (Phi) is 5.49. The van der Waals surface area contributed by atoms with Gasteiger partial charge in [0.15, 0.2) is 0 Å². The van der Waals surface area contributed by atoms with E-state index in [4.69, 9.17) is 4.98 Å². The molecular formula is C21H29N3S. The molecule has 1 fully saturated rings. The van der Waals surface area contributed by atoms with Gasteiger partial charge in [-0.25, -0.2) is 4.98 Å². The highest BCUT2D eigenvalue weighted by molar-refractivity contribution is 7.15. The molecule has 0 amide bonds. The van der Waals surface area contributed by atoms with E-state index in [1.807, 2.05) is 11.3 Å². The molecule has 3 heterocycles. The summed E-state index contributed by atoms with van der Waals surface area (Å²) in [4.78, 5) is 8.92. The summed E-state index contributed by atoms with van der Waals surface area (Å²) in [6.45, 7) is 7.01. The van der Waals surface area contributed by atoms with Gasteiger partial charge < -0.3 is 10.2 Å². The van der Waals surface area contributed by atoms with Crippen molar-refractivity contribution in [2.75, 3.05) is 19.6 Å². The van der Waals surface area contributed by atoms with Gasteiger partial charge in [0.2, 0.25) is 0 Å². The van der Waals surface area contributed by atoms with E-state index >= 15 is 0 Å². The van der Waals surface area contributed by atoms with Crippen LogP contribution in [0, 0.1) is 0 Å². The number of likely N-dealkylation sites (tertiary alicyclic amines) is 1. The molecule has 4 rings (SSSR count). The molecule has 0 bridgehead atoms. The molecule has 2 aromatic rings. The molecule has 25 heavy (non-hydrogen) atoms. The molecular weight excluding hydrogens is 326 g/mol. The van der Waals surface area contributed by atoms with E-state index in [0.29, 0.717) is 0 Å². The van der Waals surface area contributed by atoms with Crippen LogP contribution < -0.4 is 5.32 Å². The number of hydrogen-bond donors (Lipinski definition) is 1. The third-order valence-corrected chi connectivity index (χ3v) is 6.80. The van der Waals surface area contributed by atoms with Crippen molar-refractivity contribution in [2.24, 2.45) is 0 Å². The van der Waals surface area contributed by atoms with E-state index in [0.717, 1.165) is 25.6 Å². The zero-order valence-corrected chi connectivity index (χ0v) is 16.1. The van der Waals surface area contributed by atoms with Crippen molar-refractivity contribution in [3.8, 4) is 10.6 Å². The van der Waals surface area contributed by atoms with Crippen LogP contribution in [-0.4, -0.2) is 35.6 Å². The maximum absolute atomic E-state index is 4.85. The fourth-order valence-electron chi connectivity index (χ4n) is 4.03. The van der Waals surface area contributed by atoms with Crippen LogP contribution in [0.1, 0.15) is 48.7 Å². The first-order valence-corrected chi connectivity index (χ1v) is 10.6. The molecule has 1 aromatic carbocycles.